The van der Waals surface area contributed by atoms with E-state index in [9.17, 15) is 0 Å². The Kier molecular flexibility index (Phi) is 1.22. The van der Waals surface area contributed by atoms with E-state index < -0.39 is 0 Å². The quantitative estimate of drug-likeness (QED) is 0.626. The molecule has 1 heterocycles. The van der Waals surface area contributed by atoms with Crippen molar-refractivity contribution in [3.05, 3.63) is 64.7 Å². The Hall–Kier alpha value is -1.76. The summed E-state index contributed by atoms with van der Waals surface area (Å²) in [6.45, 7) is 0. The number of hydrogen-bond acceptors (Lipinski definition) is 1. The lowest BCUT2D eigenvalue weighted by Crippen LogP contribution is -2.27. The summed E-state index contributed by atoms with van der Waals surface area (Å²) in [5.41, 5.74) is 5.61. The third-order valence-electron chi connectivity index (χ3n) is 3.38. The summed E-state index contributed by atoms with van der Waals surface area (Å²) in [5, 5.41) is 0. The maximum Gasteiger partial charge on any atom is 0.153 e. The second kappa shape index (κ2) is 2.43. The van der Waals surface area contributed by atoms with Gasteiger partial charge in [0.1, 0.15) is 5.75 Å². The predicted octanol–water partition coefficient (Wildman–Crippen LogP) is 3.07. The van der Waals surface area contributed by atoms with Crippen molar-refractivity contribution >= 4 is 0 Å². The molecule has 4 rings (SSSR count). The van der Waals surface area contributed by atoms with Crippen molar-refractivity contribution in [2.45, 2.75) is 12.5 Å². The summed E-state index contributed by atoms with van der Waals surface area (Å²) in [6.07, 6.45) is 1.26. The summed E-state index contributed by atoms with van der Waals surface area (Å²) in [7, 11) is 0. The van der Waals surface area contributed by atoms with Gasteiger partial charge in [-0.25, -0.2) is 0 Å². The molecule has 1 nitrogen and oxygen atoms in total. The number of rotatable bonds is 0. The molecule has 1 aliphatic heterocycles. The molecule has 1 heteroatoms. The Morgan fingerprint density at radius 1 is 0.933 bits per heavy atom. The third-order valence-corrected chi connectivity index (χ3v) is 3.38. The van der Waals surface area contributed by atoms with Gasteiger partial charge < -0.3 is 4.74 Å². The fourth-order valence-electron chi connectivity index (χ4n) is 2.65. The minimum atomic E-state index is 0.209. The predicted molar refractivity (Wildman–Crippen MR) is 58.2 cm³/mol. The fourth-order valence-corrected chi connectivity index (χ4v) is 2.65. The van der Waals surface area contributed by atoms with Crippen LogP contribution in [0.5, 0.6) is 5.75 Å². The molecule has 0 N–H and O–H groups in total. The van der Waals surface area contributed by atoms with Gasteiger partial charge in [-0.2, -0.15) is 0 Å². The molecular formula is C14H10O. The van der Waals surface area contributed by atoms with Crippen molar-refractivity contribution < 1.29 is 4.74 Å². The summed E-state index contributed by atoms with van der Waals surface area (Å²) >= 11 is 0. The zero-order valence-electron chi connectivity index (χ0n) is 8.23. The molecule has 0 aromatic heterocycles. The first-order valence-electron chi connectivity index (χ1n) is 5.30. The summed E-state index contributed by atoms with van der Waals surface area (Å²) in [5.74, 6) is 1.08. The molecule has 0 fully saturated rings. The zero-order valence-corrected chi connectivity index (χ0v) is 8.23. The van der Waals surface area contributed by atoms with Crippen LogP contribution < -0.4 is 4.74 Å². The number of hydrogen-bond donors (Lipinski definition) is 0. The van der Waals surface area contributed by atoms with E-state index in [2.05, 4.69) is 42.5 Å². The van der Waals surface area contributed by atoms with Gasteiger partial charge in [0, 0.05) is 11.1 Å². The van der Waals surface area contributed by atoms with Crippen LogP contribution in [-0.2, 0) is 6.42 Å². The van der Waals surface area contributed by atoms with Crippen LogP contribution >= 0.6 is 0 Å². The average molecular weight is 194 g/mol. The van der Waals surface area contributed by atoms with Gasteiger partial charge in [-0.1, -0.05) is 36.4 Å². The standard InChI is InChI=1S/C14H10O/c1-2-6-11-9(4-1)8-10-5-3-7-12-13(10)14(11)15-12/h1-7,14H,8H2. The van der Waals surface area contributed by atoms with Gasteiger partial charge in [0.15, 0.2) is 6.10 Å². The average Bonchev–Trinajstić information content (AvgIpc) is 2.24. The zero-order chi connectivity index (χ0) is 9.83. The van der Waals surface area contributed by atoms with Crippen LogP contribution in [0.3, 0.4) is 0 Å². The Labute approximate surface area is 88.3 Å². The summed E-state index contributed by atoms with van der Waals surface area (Å²) in [6, 6.07) is 14.9. The van der Waals surface area contributed by atoms with Crippen LogP contribution in [0, 0.1) is 0 Å². The fraction of sp³-hybridized carbons (Fsp3) is 0.143. The number of ether oxygens (including phenoxy) is 1. The van der Waals surface area contributed by atoms with Crippen LogP contribution in [-0.4, -0.2) is 0 Å². The summed E-state index contributed by atoms with van der Waals surface area (Å²) < 4.78 is 5.79. The van der Waals surface area contributed by atoms with E-state index in [4.69, 9.17) is 4.74 Å². The molecule has 0 radical (unpaired) electrons. The van der Waals surface area contributed by atoms with E-state index in [1.807, 2.05) is 0 Å². The highest BCUT2D eigenvalue weighted by atomic mass is 16.5. The largest absolute Gasteiger partial charge is 0.480 e. The van der Waals surface area contributed by atoms with Crippen LogP contribution in [0.4, 0.5) is 0 Å². The maximum atomic E-state index is 5.79. The first-order chi connectivity index (χ1) is 7.43. The lowest BCUT2D eigenvalue weighted by atomic mass is 9.81. The van der Waals surface area contributed by atoms with Crippen molar-refractivity contribution in [3.8, 4) is 5.75 Å². The molecule has 0 saturated heterocycles. The van der Waals surface area contributed by atoms with E-state index in [1.165, 1.54) is 22.3 Å². The SMILES string of the molecule is c1ccc2c(c1)Cc1cccc3c1C2O3. The Bertz CT molecular complexity index is 557. The van der Waals surface area contributed by atoms with Gasteiger partial charge in [0.05, 0.1) is 0 Å². The molecule has 72 valence electrons. The van der Waals surface area contributed by atoms with Gasteiger partial charge in [-0.05, 0) is 23.6 Å². The first-order valence-corrected chi connectivity index (χ1v) is 5.30. The van der Waals surface area contributed by atoms with Crippen LogP contribution in [0.25, 0.3) is 0 Å². The molecular weight excluding hydrogens is 184 g/mol. The molecule has 1 aliphatic carbocycles. The molecule has 2 aliphatic rings. The van der Waals surface area contributed by atoms with E-state index >= 15 is 0 Å². The second-order valence-corrected chi connectivity index (χ2v) is 4.20. The van der Waals surface area contributed by atoms with Crippen molar-refractivity contribution in [3.63, 3.8) is 0 Å². The van der Waals surface area contributed by atoms with Crippen molar-refractivity contribution in [1.29, 1.82) is 0 Å². The van der Waals surface area contributed by atoms with Crippen LogP contribution in [0.1, 0.15) is 28.4 Å². The van der Waals surface area contributed by atoms with E-state index in [0.717, 1.165) is 12.2 Å². The van der Waals surface area contributed by atoms with Crippen molar-refractivity contribution in [2.75, 3.05) is 0 Å². The molecule has 2 aromatic rings. The monoisotopic (exact) mass is 194 g/mol. The Morgan fingerprint density at radius 3 is 2.80 bits per heavy atom. The highest BCUT2D eigenvalue weighted by molar-refractivity contribution is 5.58. The van der Waals surface area contributed by atoms with Crippen molar-refractivity contribution in [2.24, 2.45) is 0 Å². The lowest BCUT2D eigenvalue weighted by Gasteiger charge is -2.38. The van der Waals surface area contributed by atoms with Crippen LogP contribution in [0.2, 0.25) is 0 Å². The van der Waals surface area contributed by atoms with Crippen molar-refractivity contribution in [1.82, 2.24) is 0 Å². The van der Waals surface area contributed by atoms with Gasteiger partial charge in [0.2, 0.25) is 0 Å². The maximum absolute atomic E-state index is 5.79. The second-order valence-electron chi connectivity index (χ2n) is 4.20. The molecule has 1 unspecified atom stereocenters. The highest BCUT2D eigenvalue weighted by Gasteiger charge is 2.36. The highest BCUT2D eigenvalue weighted by Crippen LogP contribution is 2.49. The third kappa shape index (κ3) is 0.834. The molecule has 15 heavy (non-hydrogen) atoms. The normalized spacial score (nSPS) is 19.6. The van der Waals surface area contributed by atoms with Crippen LogP contribution in [0.15, 0.2) is 42.5 Å². The molecule has 0 bridgehead atoms. The van der Waals surface area contributed by atoms with Gasteiger partial charge in [-0.3, -0.25) is 0 Å². The smallest absolute Gasteiger partial charge is 0.153 e. The molecule has 0 saturated carbocycles. The van der Waals surface area contributed by atoms with E-state index in [1.54, 1.807) is 0 Å². The van der Waals surface area contributed by atoms with Gasteiger partial charge >= 0.3 is 0 Å². The number of benzene rings is 2. The molecule has 0 spiro atoms. The first kappa shape index (κ1) is 7.52. The van der Waals surface area contributed by atoms with Gasteiger partial charge in [0.25, 0.3) is 0 Å². The minimum absolute atomic E-state index is 0.209. The molecule has 0 amide bonds. The van der Waals surface area contributed by atoms with E-state index in [0.29, 0.717) is 0 Å². The topological polar surface area (TPSA) is 9.23 Å². The minimum Gasteiger partial charge on any atom is -0.480 e. The number of fused-ring (bicyclic) bond motifs is 2. The molecule has 1 atom stereocenters. The Morgan fingerprint density at radius 2 is 1.80 bits per heavy atom. The Balaban J connectivity index is 2.00. The van der Waals surface area contributed by atoms with Gasteiger partial charge in [-0.15, -0.1) is 0 Å². The summed E-state index contributed by atoms with van der Waals surface area (Å²) in [4.78, 5) is 0. The lowest BCUT2D eigenvalue weighted by molar-refractivity contribution is 0.180. The molecule has 2 aromatic carbocycles. The van der Waals surface area contributed by atoms with E-state index in [-0.39, 0.29) is 6.10 Å².